The number of hydrogen-bond donors (Lipinski definition) is 3. The van der Waals surface area contributed by atoms with Gasteiger partial charge in [0.05, 0.1) is 7.11 Å². The van der Waals surface area contributed by atoms with E-state index in [2.05, 4.69) is 66.4 Å². The van der Waals surface area contributed by atoms with Gasteiger partial charge in [-0.2, -0.15) is 12.6 Å². The molecule has 0 saturated carbocycles. The van der Waals surface area contributed by atoms with E-state index >= 15 is 0 Å². The van der Waals surface area contributed by atoms with Crippen molar-refractivity contribution < 1.29 is 19.4 Å². The highest BCUT2D eigenvalue weighted by molar-refractivity contribution is 7.80. The lowest BCUT2D eigenvalue weighted by atomic mass is 9.83. The Labute approximate surface area is 244 Å². The number of rotatable bonds is 18. The molecule has 1 aliphatic heterocycles. The number of hydrogen-bond acceptors (Lipinski definition) is 5. The lowest BCUT2D eigenvalue weighted by molar-refractivity contribution is -0.138. The molecule has 0 aromatic heterocycles. The molecule has 1 heterocycles. The van der Waals surface area contributed by atoms with E-state index in [0.29, 0.717) is 6.54 Å². The quantitative estimate of drug-likeness (QED) is 0.157. The number of fused-ring (bicyclic) bond motifs is 1. The van der Waals surface area contributed by atoms with Crippen LogP contribution >= 0.6 is 12.6 Å². The number of thiol groups is 1. The molecule has 0 radical (unpaired) electrons. The van der Waals surface area contributed by atoms with Gasteiger partial charge in [0, 0.05) is 23.4 Å². The summed E-state index contributed by atoms with van der Waals surface area (Å²) in [4.78, 5) is 11.5. The molecule has 1 aromatic carbocycles. The van der Waals surface area contributed by atoms with Crippen LogP contribution in [-0.4, -0.2) is 35.6 Å². The maximum atomic E-state index is 11.5. The van der Waals surface area contributed by atoms with E-state index in [0.717, 1.165) is 70.8 Å². The van der Waals surface area contributed by atoms with Gasteiger partial charge in [0.2, 0.25) is 0 Å². The molecule has 0 aliphatic carbocycles. The lowest BCUT2D eigenvalue weighted by Gasteiger charge is -2.39. The fourth-order valence-electron chi connectivity index (χ4n) is 6.05. The van der Waals surface area contributed by atoms with Crippen LogP contribution in [0.3, 0.4) is 0 Å². The van der Waals surface area contributed by atoms with Gasteiger partial charge in [0.1, 0.15) is 23.1 Å². The largest absolute Gasteiger partial charge is 0.496 e. The molecule has 2 N–H and O–H groups in total. The molecule has 5 nitrogen and oxygen atoms in total. The van der Waals surface area contributed by atoms with Crippen LogP contribution in [0.25, 0.3) is 0 Å². The van der Waals surface area contributed by atoms with E-state index in [4.69, 9.17) is 9.47 Å². The Balaban J connectivity index is 1.95. The fraction of sp³-hybridized carbons (Fsp3) is 0.788. The first kappa shape index (κ1) is 33.8. The van der Waals surface area contributed by atoms with E-state index in [1.807, 2.05) is 0 Å². The highest BCUT2D eigenvalue weighted by atomic mass is 32.1. The van der Waals surface area contributed by atoms with Crippen molar-refractivity contribution in [3.05, 3.63) is 22.3 Å². The summed E-state index contributed by atoms with van der Waals surface area (Å²) in [6.45, 7) is 16.3. The Morgan fingerprint density at radius 1 is 1.03 bits per heavy atom. The highest BCUT2D eigenvalue weighted by Crippen LogP contribution is 2.45. The molecule has 1 aliphatic rings. The van der Waals surface area contributed by atoms with E-state index in [-0.39, 0.29) is 11.4 Å². The molecule has 1 aromatic rings. The SMILES string of the molecule is COc1c(C)c(C)c2c(c1CN[C@@H](CS)C(=O)O)CCC(C)(CCCC(C)CCCC(C)CCCC(C)C)O2. The van der Waals surface area contributed by atoms with Crippen molar-refractivity contribution >= 4 is 18.6 Å². The normalized spacial score (nSPS) is 19.3. The third-order valence-corrected chi connectivity index (χ3v) is 9.26. The average molecular weight is 564 g/mol. The molecule has 2 rings (SSSR count). The van der Waals surface area contributed by atoms with E-state index < -0.39 is 12.0 Å². The summed E-state index contributed by atoms with van der Waals surface area (Å²) in [6, 6.07) is -0.708. The minimum Gasteiger partial charge on any atom is -0.496 e. The molecule has 0 amide bonds. The molecule has 39 heavy (non-hydrogen) atoms. The van der Waals surface area contributed by atoms with Crippen molar-refractivity contribution in [2.75, 3.05) is 12.9 Å². The Bertz CT molecular complexity index is 918. The average Bonchev–Trinajstić information content (AvgIpc) is 2.87. The second-order valence-electron chi connectivity index (χ2n) is 12.9. The summed E-state index contributed by atoms with van der Waals surface area (Å²) in [6.07, 6.45) is 13.5. The minimum atomic E-state index is -0.893. The molecule has 0 spiro atoms. The first-order valence-electron chi connectivity index (χ1n) is 15.4. The van der Waals surface area contributed by atoms with Gasteiger partial charge >= 0.3 is 5.97 Å². The van der Waals surface area contributed by atoms with Crippen LogP contribution in [0.5, 0.6) is 11.5 Å². The number of ether oxygens (including phenoxy) is 2. The van der Waals surface area contributed by atoms with Gasteiger partial charge in [-0.15, -0.1) is 0 Å². The number of carboxylic acid groups (broad SMARTS) is 1. The van der Waals surface area contributed by atoms with Gasteiger partial charge in [-0.1, -0.05) is 72.6 Å². The second-order valence-corrected chi connectivity index (χ2v) is 13.3. The Hall–Kier alpha value is -1.40. The standard InChI is InChI=1S/C33H57NO4S/c1-22(2)12-9-13-23(3)14-10-15-24(4)16-11-18-33(7)19-17-27-28(20-34-29(21-39)32(35)36)30(37-8)25(5)26(6)31(27)38-33/h22-24,29,34,39H,9-21H2,1-8H3,(H,35,36)/t23?,24?,29-,33?/m0/s1. The van der Waals surface area contributed by atoms with Crippen LogP contribution in [0.2, 0.25) is 0 Å². The number of carbonyl (C=O) groups is 1. The first-order valence-corrected chi connectivity index (χ1v) is 16.0. The Kier molecular flexibility index (Phi) is 14.0. The molecule has 0 fully saturated rings. The summed E-state index contributed by atoms with van der Waals surface area (Å²) >= 11 is 4.20. The zero-order valence-corrected chi connectivity index (χ0v) is 27.0. The van der Waals surface area contributed by atoms with Crippen molar-refractivity contribution in [3.8, 4) is 11.5 Å². The van der Waals surface area contributed by atoms with Crippen LogP contribution in [0.4, 0.5) is 0 Å². The van der Waals surface area contributed by atoms with Crippen molar-refractivity contribution in [1.82, 2.24) is 5.32 Å². The zero-order chi connectivity index (χ0) is 29.2. The van der Waals surface area contributed by atoms with Gasteiger partial charge in [-0.25, -0.2) is 0 Å². The second kappa shape index (κ2) is 16.1. The number of carboxylic acids is 1. The van der Waals surface area contributed by atoms with E-state index in [1.165, 1.54) is 51.4 Å². The smallest absolute Gasteiger partial charge is 0.321 e. The van der Waals surface area contributed by atoms with E-state index in [1.54, 1.807) is 7.11 Å². The van der Waals surface area contributed by atoms with Crippen LogP contribution < -0.4 is 14.8 Å². The summed E-state index contributed by atoms with van der Waals surface area (Å²) in [5.74, 6) is 3.57. The minimum absolute atomic E-state index is 0.178. The number of aliphatic carboxylic acids is 1. The monoisotopic (exact) mass is 563 g/mol. The summed E-state index contributed by atoms with van der Waals surface area (Å²) < 4.78 is 12.6. The molecular weight excluding hydrogens is 506 g/mol. The van der Waals surface area contributed by atoms with Crippen LogP contribution in [0.15, 0.2) is 0 Å². The summed E-state index contributed by atoms with van der Waals surface area (Å²) in [5, 5.41) is 12.6. The van der Waals surface area contributed by atoms with Crippen molar-refractivity contribution in [2.24, 2.45) is 17.8 Å². The topological polar surface area (TPSA) is 67.8 Å². The highest BCUT2D eigenvalue weighted by Gasteiger charge is 2.35. The predicted molar refractivity (Wildman–Crippen MR) is 167 cm³/mol. The number of methoxy groups -OCH3 is 1. The summed E-state index contributed by atoms with van der Waals surface area (Å²) in [7, 11) is 1.69. The Morgan fingerprint density at radius 3 is 2.15 bits per heavy atom. The third kappa shape index (κ3) is 10.2. The van der Waals surface area contributed by atoms with Gasteiger partial charge in [0.25, 0.3) is 0 Å². The fourth-order valence-corrected chi connectivity index (χ4v) is 6.34. The molecule has 0 bridgehead atoms. The number of benzene rings is 1. The lowest BCUT2D eigenvalue weighted by Crippen LogP contribution is -2.39. The molecule has 3 unspecified atom stereocenters. The van der Waals surface area contributed by atoms with Gasteiger partial charge < -0.3 is 14.6 Å². The van der Waals surface area contributed by atoms with Crippen LogP contribution in [0, 0.1) is 31.6 Å². The van der Waals surface area contributed by atoms with Gasteiger partial charge in [-0.05, 0) is 75.3 Å². The van der Waals surface area contributed by atoms with Crippen molar-refractivity contribution in [2.45, 2.75) is 137 Å². The molecule has 224 valence electrons. The maximum absolute atomic E-state index is 11.5. The number of nitrogens with one attached hydrogen (secondary N) is 1. The first-order chi connectivity index (χ1) is 18.4. The summed E-state index contributed by atoms with van der Waals surface area (Å²) in [5.41, 5.74) is 4.17. The van der Waals surface area contributed by atoms with Crippen molar-refractivity contribution in [1.29, 1.82) is 0 Å². The zero-order valence-electron chi connectivity index (χ0n) is 26.1. The van der Waals surface area contributed by atoms with Crippen molar-refractivity contribution in [3.63, 3.8) is 0 Å². The third-order valence-electron chi connectivity index (χ3n) is 8.89. The predicted octanol–water partition coefficient (Wildman–Crippen LogP) is 8.31. The van der Waals surface area contributed by atoms with Crippen LogP contribution in [0.1, 0.15) is 121 Å². The molecular formula is C33H57NO4S. The van der Waals surface area contributed by atoms with Crippen LogP contribution in [-0.2, 0) is 17.8 Å². The molecule has 0 saturated heterocycles. The Morgan fingerprint density at radius 2 is 1.62 bits per heavy atom. The van der Waals surface area contributed by atoms with E-state index in [9.17, 15) is 9.90 Å². The molecule has 4 atom stereocenters. The van der Waals surface area contributed by atoms with Gasteiger partial charge in [0.15, 0.2) is 0 Å². The van der Waals surface area contributed by atoms with Gasteiger partial charge in [-0.3, -0.25) is 10.1 Å². The molecule has 6 heteroatoms. The maximum Gasteiger partial charge on any atom is 0.321 e.